The summed E-state index contributed by atoms with van der Waals surface area (Å²) in [7, 11) is 0. The molecular formula is C19H25N3O2. The molecule has 1 saturated heterocycles. The number of hydrogen-bond donors (Lipinski definition) is 1. The lowest BCUT2D eigenvalue weighted by molar-refractivity contribution is 0.109. The summed E-state index contributed by atoms with van der Waals surface area (Å²) in [4.78, 5) is 9.00. The van der Waals surface area contributed by atoms with Gasteiger partial charge in [0.25, 0.3) is 0 Å². The predicted octanol–water partition coefficient (Wildman–Crippen LogP) is 2.34. The predicted molar refractivity (Wildman–Crippen MR) is 95.5 cm³/mol. The number of aliphatic hydroxyl groups excluding tert-OH is 1. The number of nitrogens with zero attached hydrogens (tertiary/aromatic N) is 3. The van der Waals surface area contributed by atoms with Gasteiger partial charge in [0.05, 0.1) is 12.7 Å². The number of benzene rings is 1. The third-order valence-corrected chi connectivity index (χ3v) is 4.35. The molecule has 0 saturated carbocycles. The van der Waals surface area contributed by atoms with Crippen molar-refractivity contribution in [2.24, 2.45) is 0 Å². The van der Waals surface area contributed by atoms with Crippen LogP contribution in [-0.2, 0) is 0 Å². The Kier molecular flexibility index (Phi) is 5.67. The van der Waals surface area contributed by atoms with Gasteiger partial charge in [0, 0.05) is 38.9 Å². The van der Waals surface area contributed by atoms with Gasteiger partial charge >= 0.3 is 0 Å². The van der Waals surface area contributed by atoms with Gasteiger partial charge in [-0.1, -0.05) is 18.2 Å². The minimum Gasteiger partial charge on any atom is -0.494 e. The molecule has 1 aromatic carbocycles. The number of β-amino-alcohol motifs (C(OH)–C–C–N with tert-alkyl or cyclic N) is 1. The van der Waals surface area contributed by atoms with Crippen LogP contribution in [0.3, 0.4) is 0 Å². The Morgan fingerprint density at radius 3 is 2.46 bits per heavy atom. The van der Waals surface area contributed by atoms with Crippen LogP contribution in [0.15, 0.2) is 48.7 Å². The lowest BCUT2D eigenvalue weighted by Crippen LogP contribution is -2.47. The van der Waals surface area contributed by atoms with Crippen molar-refractivity contribution in [3.8, 4) is 5.75 Å². The summed E-state index contributed by atoms with van der Waals surface area (Å²) in [6.07, 6.45) is 1.36. The number of ether oxygens (including phenoxy) is 1. The highest BCUT2D eigenvalue weighted by atomic mass is 16.5. The number of aromatic nitrogens is 1. The van der Waals surface area contributed by atoms with Gasteiger partial charge in [-0.15, -0.1) is 0 Å². The molecule has 5 nitrogen and oxygen atoms in total. The molecule has 24 heavy (non-hydrogen) atoms. The van der Waals surface area contributed by atoms with Crippen molar-refractivity contribution in [1.29, 1.82) is 0 Å². The maximum Gasteiger partial charge on any atom is 0.128 e. The van der Waals surface area contributed by atoms with E-state index in [4.69, 9.17) is 4.74 Å². The second-order valence-corrected chi connectivity index (χ2v) is 5.99. The Morgan fingerprint density at radius 2 is 1.83 bits per heavy atom. The number of pyridine rings is 1. The Labute approximate surface area is 143 Å². The fraction of sp³-hybridized carbons (Fsp3) is 0.421. The second-order valence-electron chi connectivity index (χ2n) is 5.99. The van der Waals surface area contributed by atoms with Crippen molar-refractivity contribution in [3.63, 3.8) is 0 Å². The van der Waals surface area contributed by atoms with Crippen LogP contribution >= 0.6 is 0 Å². The molecule has 128 valence electrons. The first-order valence-corrected chi connectivity index (χ1v) is 8.55. The largest absolute Gasteiger partial charge is 0.494 e. The highest BCUT2D eigenvalue weighted by Crippen LogP contribution is 2.20. The van der Waals surface area contributed by atoms with E-state index in [0.717, 1.165) is 43.3 Å². The Bertz CT molecular complexity index is 610. The van der Waals surface area contributed by atoms with Gasteiger partial charge in [-0.05, 0) is 36.8 Å². The van der Waals surface area contributed by atoms with Gasteiger partial charge in [0.15, 0.2) is 0 Å². The molecule has 0 bridgehead atoms. The van der Waals surface area contributed by atoms with Crippen LogP contribution < -0.4 is 9.64 Å². The molecule has 1 aliphatic heterocycles. The fourth-order valence-corrected chi connectivity index (χ4v) is 3.00. The Morgan fingerprint density at radius 1 is 1.08 bits per heavy atom. The maximum absolute atomic E-state index is 10.5. The molecule has 0 aliphatic carbocycles. The maximum atomic E-state index is 10.5. The van der Waals surface area contributed by atoms with Crippen LogP contribution in [0.2, 0.25) is 0 Å². The van der Waals surface area contributed by atoms with Gasteiger partial charge < -0.3 is 14.7 Å². The third-order valence-electron chi connectivity index (χ3n) is 4.35. The number of piperazine rings is 1. The summed E-state index contributed by atoms with van der Waals surface area (Å²) >= 11 is 0. The number of rotatable bonds is 6. The minimum absolute atomic E-state index is 0.470. The van der Waals surface area contributed by atoms with Crippen LogP contribution in [0.25, 0.3) is 0 Å². The molecule has 1 atom stereocenters. The summed E-state index contributed by atoms with van der Waals surface area (Å²) in [6, 6.07) is 13.7. The normalized spacial score (nSPS) is 16.8. The van der Waals surface area contributed by atoms with Crippen LogP contribution in [0, 0.1) is 0 Å². The summed E-state index contributed by atoms with van der Waals surface area (Å²) in [6.45, 7) is 7.02. The van der Waals surface area contributed by atoms with Crippen LogP contribution in [0.1, 0.15) is 18.6 Å². The van der Waals surface area contributed by atoms with E-state index in [2.05, 4.69) is 14.8 Å². The van der Waals surface area contributed by atoms with E-state index in [0.29, 0.717) is 13.2 Å². The molecule has 5 heteroatoms. The second kappa shape index (κ2) is 8.13. The molecule has 1 unspecified atom stereocenters. The smallest absolute Gasteiger partial charge is 0.128 e. The van der Waals surface area contributed by atoms with Crippen LogP contribution in [-0.4, -0.2) is 54.3 Å². The molecule has 0 spiro atoms. The molecular weight excluding hydrogens is 302 g/mol. The Hall–Kier alpha value is -2.11. The average molecular weight is 327 g/mol. The molecule has 2 aromatic rings. The lowest BCUT2D eigenvalue weighted by Gasteiger charge is -2.36. The molecule has 2 heterocycles. The average Bonchev–Trinajstić information content (AvgIpc) is 2.64. The summed E-state index contributed by atoms with van der Waals surface area (Å²) in [5, 5.41) is 10.5. The molecule has 0 amide bonds. The van der Waals surface area contributed by atoms with Gasteiger partial charge in [-0.2, -0.15) is 0 Å². The van der Waals surface area contributed by atoms with E-state index >= 15 is 0 Å². The van der Waals surface area contributed by atoms with E-state index in [-0.39, 0.29) is 0 Å². The molecule has 1 aromatic heterocycles. The first-order valence-electron chi connectivity index (χ1n) is 8.55. The van der Waals surface area contributed by atoms with Crippen LogP contribution in [0.5, 0.6) is 5.75 Å². The quantitative estimate of drug-likeness (QED) is 0.882. The Balaban J connectivity index is 1.50. The molecule has 0 radical (unpaired) electrons. The van der Waals surface area contributed by atoms with Gasteiger partial charge in [-0.3, -0.25) is 4.90 Å². The zero-order valence-corrected chi connectivity index (χ0v) is 14.1. The number of hydrogen-bond acceptors (Lipinski definition) is 5. The van der Waals surface area contributed by atoms with Crippen molar-refractivity contribution >= 4 is 5.82 Å². The summed E-state index contributed by atoms with van der Waals surface area (Å²) < 4.78 is 5.44. The van der Waals surface area contributed by atoms with Crippen molar-refractivity contribution in [3.05, 3.63) is 54.2 Å². The minimum atomic E-state index is -0.470. The standard InChI is InChI=1S/C19H25N3O2/c1-2-24-17-8-6-16(7-9-17)18(23)15-21-11-13-22(14-12-21)19-5-3-4-10-20-19/h3-10,18,23H,2,11-15H2,1H3. The van der Waals surface area contributed by atoms with E-state index in [1.165, 1.54) is 0 Å². The fourth-order valence-electron chi connectivity index (χ4n) is 3.00. The van der Waals surface area contributed by atoms with Gasteiger partial charge in [0.2, 0.25) is 0 Å². The van der Waals surface area contributed by atoms with E-state index in [9.17, 15) is 5.11 Å². The summed E-state index contributed by atoms with van der Waals surface area (Å²) in [5.41, 5.74) is 0.936. The van der Waals surface area contributed by atoms with Crippen LogP contribution in [0.4, 0.5) is 5.82 Å². The molecule has 1 fully saturated rings. The van der Waals surface area contributed by atoms with Crippen molar-refractivity contribution in [2.45, 2.75) is 13.0 Å². The van der Waals surface area contributed by atoms with E-state index in [1.54, 1.807) is 0 Å². The number of aliphatic hydroxyl groups is 1. The topological polar surface area (TPSA) is 48.8 Å². The van der Waals surface area contributed by atoms with Gasteiger partial charge in [0.1, 0.15) is 11.6 Å². The summed E-state index contributed by atoms with van der Waals surface area (Å²) in [5.74, 6) is 1.88. The number of anilines is 1. The third kappa shape index (κ3) is 4.24. The first kappa shape index (κ1) is 16.7. The zero-order chi connectivity index (χ0) is 16.8. The van der Waals surface area contributed by atoms with E-state index in [1.807, 2.05) is 55.6 Å². The zero-order valence-electron chi connectivity index (χ0n) is 14.1. The first-order chi connectivity index (χ1) is 11.8. The monoisotopic (exact) mass is 327 g/mol. The van der Waals surface area contributed by atoms with Crippen molar-refractivity contribution in [2.75, 3.05) is 44.2 Å². The van der Waals surface area contributed by atoms with E-state index < -0.39 is 6.10 Å². The van der Waals surface area contributed by atoms with Crippen molar-refractivity contribution < 1.29 is 9.84 Å². The molecule has 3 rings (SSSR count). The highest BCUT2D eigenvalue weighted by Gasteiger charge is 2.20. The van der Waals surface area contributed by atoms with Crippen molar-refractivity contribution in [1.82, 2.24) is 9.88 Å². The molecule has 1 N–H and O–H groups in total. The highest BCUT2D eigenvalue weighted by molar-refractivity contribution is 5.38. The lowest BCUT2D eigenvalue weighted by atomic mass is 10.1. The molecule has 1 aliphatic rings. The SMILES string of the molecule is CCOc1ccc(C(O)CN2CCN(c3ccccn3)CC2)cc1. The van der Waals surface area contributed by atoms with Gasteiger partial charge in [-0.25, -0.2) is 4.98 Å².